The molecule has 0 spiro atoms. The second kappa shape index (κ2) is 6.88. The number of likely N-dealkylation sites (tertiary alicyclic amines) is 1. The minimum atomic E-state index is -0.521. The number of carbonyl (C=O) groups is 1. The maximum atomic E-state index is 14.3. The lowest BCUT2D eigenvalue weighted by Gasteiger charge is -2.22. The summed E-state index contributed by atoms with van der Waals surface area (Å²) in [6.07, 6.45) is 3.39. The molecule has 6 nitrogen and oxygen atoms in total. The number of rotatable bonds is 3. The molecule has 1 aromatic heterocycles. The van der Waals surface area contributed by atoms with Gasteiger partial charge in [0.25, 0.3) is 5.91 Å². The Morgan fingerprint density at radius 2 is 2.28 bits per heavy atom. The molecular formula is C17H14FN5OS. The van der Waals surface area contributed by atoms with E-state index in [0.717, 1.165) is 17.8 Å². The van der Waals surface area contributed by atoms with E-state index < -0.39 is 11.2 Å². The summed E-state index contributed by atoms with van der Waals surface area (Å²) < 4.78 is 14.3. The predicted octanol–water partition coefficient (Wildman–Crippen LogP) is 2.73. The summed E-state index contributed by atoms with van der Waals surface area (Å²) in [5.41, 5.74) is 1.01. The van der Waals surface area contributed by atoms with Crippen molar-refractivity contribution in [3.63, 3.8) is 0 Å². The second-order valence-corrected chi connectivity index (χ2v) is 6.59. The minimum Gasteiger partial charge on any atom is -0.298 e. The molecule has 0 bridgehead atoms. The number of halogens is 1. The quantitative estimate of drug-likeness (QED) is 0.791. The molecule has 3 rings (SSSR count). The van der Waals surface area contributed by atoms with E-state index in [9.17, 15) is 9.18 Å². The molecule has 0 unspecified atom stereocenters. The number of hydrogen-bond acceptors (Lipinski definition) is 6. The summed E-state index contributed by atoms with van der Waals surface area (Å²) in [7, 11) is 1.53. The van der Waals surface area contributed by atoms with Gasteiger partial charge in [-0.1, -0.05) is 23.5 Å². The maximum Gasteiger partial charge on any atom is 0.251 e. The lowest BCUT2D eigenvalue weighted by atomic mass is 10.1. The lowest BCUT2D eigenvalue weighted by molar-refractivity contribution is -0.121. The molecule has 126 valence electrons. The van der Waals surface area contributed by atoms with Crippen LogP contribution < -0.4 is 4.90 Å². The standard InChI is InChI=1S/C17H14FN5OS/c1-22(16(24)13-6-3-7-23(13)10-20)17-21-14(15(18)25-17)12-5-2-4-11(8-12)9-19/h2,4-5,8,13H,3,6-7H2,1H3/t13-/m0/s1. The monoisotopic (exact) mass is 355 g/mol. The average Bonchev–Trinajstić information content (AvgIpc) is 3.26. The summed E-state index contributed by atoms with van der Waals surface area (Å²) in [5, 5.41) is 17.8. The number of hydrogen-bond donors (Lipinski definition) is 0. The third kappa shape index (κ3) is 3.17. The highest BCUT2D eigenvalue weighted by molar-refractivity contribution is 7.14. The zero-order valence-electron chi connectivity index (χ0n) is 13.4. The number of anilines is 1. The Kier molecular flexibility index (Phi) is 4.64. The molecule has 2 aromatic rings. The van der Waals surface area contributed by atoms with Gasteiger partial charge in [0.15, 0.2) is 11.3 Å². The Balaban J connectivity index is 1.88. The van der Waals surface area contributed by atoms with Crippen molar-refractivity contribution in [2.24, 2.45) is 0 Å². The van der Waals surface area contributed by atoms with Gasteiger partial charge in [-0.25, -0.2) is 4.98 Å². The first-order valence-electron chi connectivity index (χ1n) is 7.66. The van der Waals surface area contributed by atoms with Gasteiger partial charge in [-0.05, 0) is 25.0 Å². The molecule has 1 atom stereocenters. The first-order chi connectivity index (χ1) is 12.0. The molecule has 0 radical (unpaired) electrons. The smallest absolute Gasteiger partial charge is 0.251 e. The Hall–Kier alpha value is -2.97. The number of likely N-dealkylation sites (N-methyl/N-ethyl adjacent to an activating group) is 1. The number of benzene rings is 1. The molecule has 1 amide bonds. The molecular weight excluding hydrogens is 341 g/mol. The van der Waals surface area contributed by atoms with E-state index in [1.165, 1.54) is 16.8 Å². The molecule has 1 fully saturated rings. The summed E-state index contributed by atoms with van der Waals surface area (Å²) in [6.45, 7) is 0.555. The maximum absolute atomic E-state index is 14.3. The van der Waals surface area contributed by atoms with Crippen molar-refractivity contribution in [3.8, 4) is 23.5 Å². The first-order valence-corrected chi connectivity index (χ1v) is 8.47. The third-order valence-electron chi connectivity index (χ3n) is 4.12. The summed E-state index contributed by atoms with van der Waals surface area (Å²) in [5.74, 6) is -0.273. The van der Waals surface area contributed by atoms with Crippen molar-refractivity contribution in [1.29, 1.82) is 10.5 Å². The van der Waals surface area contributed by atoms with Gasteiger partial charge in [-0.3, -0.25) is 14.6 Å². The fourth-order valence-electron chi connectivity index (χ4n) is 2.81. The molecule has 0 aliphatic carbocycles. The fourth-order valence-corrected chi connectivity index (χ4v) is 3.59. The summed E-state index contributed by atoms with van der Waals surface area (Å²) in [6, 6.07) is 7.99. The minimum absolute atomic E-state index is 0.111. The van der Waals surface area contributed by atoms with Crippen molar-refractivity contribution in [3.05, 3.63) is 35.0 Å². The van der Waals surface area contributed by atoms with Gasteiger partial charge < -0.3 is 0 Å². The van der Waals surface area contributed by atoms with Crippen LogP contribution in [0.2, 0.25) is 0 Å². The van der Waals surface area contributed by atoms with Crippen LogP contribution in [0.15, 0.2) is 24.3 Å². The number of amides is 1. The summed E-state index contributed by atoms with van der Waals surface area (Å²) >= 11 is 0.770. The van der Waals surface area contributed by atoms with E-state index in [2.05, 4.69) is 4.98 Å². The topological polar surface area (TPSA) is 84.0 Å². The van der Waals surface area contributed by atoms with Crippen LogP contribution in [-0.2, 0) is 4.79 Å². The zero-order chi connectivity index (χ0) is 18.0. The molecule has 1 saturated heterocycles. The second-order valence-electron chi connectivity index (χ2n) is 5.66. The Labute approximate surface area is 148 Å². The number of carbonyl (C=O) groups excluding carboxylic acids is 1. The van der Waals surface area contributed by atoms with Crippen LogP contribution in [0, 0.1) is 27.9 Å². The molecule has 0 N–H and O–H groups in total. The molecule has 25 heavy (non-hydrogen) atoms. The van der Waals surface area contributed by atoms with Crippen molar-refractivity contribution >= 4 is 22.4 Å². The first kappa shape index (κ1) is 16.9. The van der Waals surface area contributed by atoms with E-state index in [1.54, 1.807) is 24.3 Å². The van der Waals surface area contributed by atoms with Crippen molar-refractivity contribution in [2.75, 3.05) is 18.5 Å². The van der Waals surface area contributed by atoms with Crippen molar-refractivity contribution in [2.45, 2.75) is 18.9 Å². The number of thiazole rings is 1. The molecule has 1 aliphatic heterocycles. The molecule has 2 heterocycles. The van der Waals surface area contributed by atoms with Crippen LogP contribution in [0.25, 0.3) is 11.3 Å². The van der Waals surface area contributed by atoms with Gasteiger partial charge in [-0.15, -0.1) is 0 Å². The summed E-state index contributed by atoms with van der Waals surface area (Å²) in [4.78, 5) is 19.6. The van der Waals surface area contributed by atoms with Gasteiger partial charge >= 0.3 is 0 Å². The SMILES string of the molecule is CN(C(=O)[C@@H]1CCCN1C#N)c1nc(-c2cccc(C#N)c2)c(F)s1. The van der Waals surface area contributed by atoms with Gasteiger partial charge in [0.1, 0.15) is 11.7 Å². The fraction of sp³-hybridized carbons (Fsp3) is 0.294. The predicted molar refractivity (Wildman–Crippen MR) is 91.0 cm³/mol. The van der Waals surface area contributed by atoms with Gasteiger partial charge in [-0.2, -0.15) is 14.9 Å². The van der Waals surface area contributed by atoms with E-state index in [-0.39, 0.29) is 16.7 Å². The van der Waals surface area contributed by atoms with Gasteiger partial charge in [0.05, 0.1) is 11.6 Å². The average molecular weight is 355 g/mol. The van der Waals surface area contributed by atoms with Crippen LogP contribution in [0.5, 0.6) is 0 Å². The highest BCUT2D eigenvalue weighted by Gasteiger charge is 2.33. The van der Waals surface area contributed by atoms with E-state index in [4.69, 9.17) is 10.5 Å². The van der Waals surface area contributed by atoms with Gasteiger partial charge in [0.2, 0.25) is 5.13 Å². The lowest BCUT2D eigenvalue weighted by Crippen LogP contribution is -2.42. The molecule has 8 heteroatoms. The van der Waals surface area contributed by atoms with E-state index in [1.807, 2.05) is 12.3 Å². The van der Waals surface area contributed by atoms with E-state index in [0.29, 0.717) is 24.1 Å². The molecule has 1 aromatic carbocycles. The number of nitrogens with zero attached hydrogens (tertiary/aromatic N) is 5. The zero-order valence-corrected chi connectivity index (χ0v) is 14.3. The van der Waals surface area contributed by atoms with Crippen molar-refractivity contribution in [1.82, 2.24) is 9.88 Å². The highest BCUT2D eigenvalue weighted by Crippen LogP contribution is 2.32. The van der Waals surface area contributed by atoms with Crippen LogP contribution in [0.4, 0.5) is 9.52 Å². The van der Waals surface area contributed by atoms with Crippen LogP contribution >= 0.6 is 11.3 Å². The van der Waals surface area contributed by atoms with Crippen LogP contribution in [0.3, 0.4) is 0 Å². The normalized spacial score (nSPS) is 16.3. The third-order valence-corrected chi connectivity index (χ3v) is 5.04. The Bertz CT molecular complexity index is 897. The Morgan fingerprint density at radius 3 is 3.00 bits per heavy atom. The largest absolute Gasteiger partial charge is 0.298 e. The Morgan fingerprint density at radius 1 is 1.48 bits per heavy atom. The molecule has 0 saturated carbocycles. The number of aromatic nitrogens is 1. The van der Waals surface area contributed by atoms with Gasteiger partial charge in [0, 0.05) is 19.2 Å². The van der Waals surface area contributed by atoms with Crippen LogP contribution in [-0.4, -0.2) is 35.4 Å². The van der Waals surface area contributed by atoms with Crippen molar-refractivity contribution < 1.29 is 9.18 Å². The van der Waals surface area contributed by atoms with E-state index >= 15 is 0 Å². The molecule has 1 aliphatic rings. The number of nitriles is 2. The van der Waals surface area contributed by atoms with Crippen LogP contribution in [0.1, 0.15) is 18.4 Å². The highest BCUT2D eigenvalue weighted by atomic mass is 32.1.